The van der Waals surface area contributed by atoms with Gasteiger partial charge in [0.25, 0.3) is 0 Å². The van der Waals surface area contributed by atoms with Crippen molar-refractivity contribution in [2.75, 3.05) is 6.54 Å². The molecule has 0 bridgehead atoms. The van der Waals surface area contributed by atoms with E-state index < -0.39 is 0 Å². The number of nitrogens with one attached hydrogen (secondary N) is 1. The molecule has 1 aromatic heterocycles. The molecule has 1 heterocycles. The Morgan fingerprint density at radius 3 is 2.82 bits per heavy atom. The van der Waals surface area contributed by atoms with Crippen LogP contribution in [-0.2, 0) is 6.42 Å². The van der Waals surface area contributed by atoms with Crippen molar-refractivity contribution < 1.29 is 5.11 Å². The average Bonchev–Trinajstić information content (AvgIpc) is 2.82. The van der Waals surface area contributed by atoms with Gasteiger partial charge in [0, 0.05) is 11.6 Å². The minimum absolute atomic E-state index is 0.176. The number of hydrogen-bond donors (Lipinski definition) is 2. The molecule has 0 aliphatic carbocycles. The molecule has 0 aliphatic heterocycles. The highest BCUT2D eigenvalue weighted by molar-refractivity contribution is 7.07. The lowest BCUT2D eigenvalue weighted by molar-refractivity contribution is 0.453. The van der Waals surface area contributed by atoms with Crippen LogP contribution in [0, 0.1) is 0 Å². The number of aromatic hydroxyl groups is 1. The van der Waals surface area contributed by atoms with Crippen LogP contribution in [0.25, 0.3) is 0 Å². The molecular weight excluding hydrogens is 230 g/mol. The predicted molar refractivity (Wildman–Crippen MR) is 72.5 cm³/mol. The summed E-state index contributed by atoms with van der Waals surface area (Å²) in [5.41, 5.74) is 2.32. The average molecular weight is 247 g/mol. The third kappa shape index (κ3) is 3.32. The maximum absolute atomic E-state index is 9.73. The van der Waals surface area contributed by atoms with Crippen LogP contribution >= 0.6 is 11.3 Å². The number of phenolic OH excluding ortho intramolecular Hbond substituents is 1. The van der Waals surface area contributed by atoms with Gasteiger partial charge in [-0.05, 0) is 48.3 Å². The van der Waals surface area contributed by atoms with Crippen molar-refractivity contribution in [1.29, 1.82) is 0 Å². The van der Waals surface area contributed by atoms with E-state index in [1.807, 2.05) is 18.2 Å². The van der Waals surface area contributed by atoms with Crippen LogP contribution in [0.15, 0.2) is 41.1 Å². The molecule has 0 aliphatic rings. The standard InChI is InChI=1S/C14H17NOS/c1-11(13-4-2-3-5-14(13)16)15-8-6-12-7-9-17-10-12/h2-5,7,9-11,15-16H,6,8H2,1H3. The number of para-hydroxylation sites is 1. The van der Waals surface area contributed by atoms with E-state index in [2.05, 4.69) is 29.1 Å². The fraction of sp³-hybridized carbons (Fsp3) is 0.286. The molecule has 0 fully saturated rings. The number of phenols is 1. The second-order valence-electron chi connectivity index (χ2n) is 4.12. The second-order valence-corrected chi connectivity index (χ2v) is 4.90. The largest absolute Gasteiger partial charge is 0.508 e. The van der Waals surface area contributed by atoms with E-state index in [-0.39, 0.29) is 6.04 Å². The Bertz CT molecular complexity index is 453. The fourth-order valence-electron chi connectivity index (χ4n) is 1.83. The fourth-order valence-corrected chi connectivity index (χ4v) is 2.53. The summed E-state index contributed by atoms with van der Waals surface area (Å²) in [4.78, 5) is 0. The summed E-state index contributed by atoms with van der Waals surface area (Å²) in [6, 6.07) is 9.80. The van der Waals surface area contributed by atoms with Gasteiger partial charge in [-0.15, -0.1) is 0 Å². The summed E-state index contributed by atoms with van der Waals surface area (Å²) in [6.45, 7) is 2.99. The van der Waals surface area contributed by atoms with Gasteiger partial charge in [-0.3, -0.25) is 0 Å². The van der Waals surface area contributed by atoms with Crippen molar-refractivity contribution in [3.63, 3.8) is 0 Å². The molecule has 0 spiro atoms. The number of thiophene rings is 1. The Balaban J connectivity index is 1.85. The maximum Gasteiger partial charge on any atom is 0.120 e. The zero-order chi connectivity index (χ0) is 12.1. The maximum atomic E-state index is 9.73. The SMILES string of the molecule is CC(NCCc1ccsc1)c1ccccc1O. The molecule has 0 amide bonds. The van der Waals surface area contributed by atoms with Gasteiger partial charge in [0.1, 0.15) is 5.75 Å². The molecule has 1 atom stereocenters. The molecular formula is C14H17NOS. The first-order chi connectivity index (χ1) is 8.27. The Morgan fingerprint density at radius 2 is 2.12 bits per heavy atom. The van der Waals surface area contributed by atoms with Crippen molar-refractivity contribution in [1.82, 2.24) is 5.32 Å². The van der Waals surface area contributed by atoms with Gasteiger partial charge < -0.3 is 10.4 Å². The number of rotatable bonds is 5. The molecule has 0 saturated carbocycles. The van der Waals surface area contributed by atoms with Gasteiger partial charge >= 0.3 is 0 Å². The van der Waals surface area contributed by atoms with E-state index in [1.165, 1.54) is 5.56 Å². The first-order valence-electron chi connectivity index (χ1n) is 5.79. The summed E-state index contributed by atoms with van der Waals surface area (Å²) in [6.07, 6.45) is 1.03. The van der Waals surface area contributed by atoms with Crippen molar-refractivity contribution in [2.24, 2.45) is 0 Å². The molecule has 90 valence electrons. The Labute approximate surface area is 106 Å². The first-order valence-corrected chi connectivity index (χ1v) is 6.74. The third-order valence-corrected chi connectivity index (χ3v) is 3.58. The quantitative estimate of drug-likeness (QED) is 0.849. The van der Waals surface area contributed by atoms with Crippen LogP contribution in [0.2, 0.25) is 0 Å². The molecule has 1 unspecified atom stereocenters. The normalized spacial score (nSPS) is 12.5. The van der Waals surface area contributed by atoms with E-state index in [1.54, 1.807) is 17.4 Å². The Kier molecular flexibility index (Phi) is 4.18. The smallest absolute Gasteiger partial charge is 0.120 e. The predicted octanol–water partition coefficient (Wildman–Crippen LogP) is 3.35. The molecule has 2 nitrogen and oxygen atoms in total. The summed E-state index contributed by atoms with van der Waals surface area (Å²) in [7, 11) is 0. The highest BCUT2D eigenvalue weighted by atomic mass is 32.1. The molecule has 3 heteroatoms. The van der Waals surface area contributed by atoms with Gasteiger partial charge in [-0.2, -0.15) is 11.3 Å². The lowest BCUT2D eigenvalue weighted by Gasteiger charge is -2.15. The lowest BCUT2D eigenvalue weighted by Crippen LogP contribution is -2.21. The van der Waals surface area contributed by atoms with Crippen LogP contribution in [0.5, 0.6) is 5.75 Å². The van der Waals surface area contributed by atoms with Crippen LogP contribution < -0.4 is 5.32 Å². The van der Waals surface area contributed by atoms with Crippen molar-refractivity contribution in [3.8, 4) is 5.75 Å². The van der Waals surface area contributed by atoms with Gasteiger partial charge in [0.05, 0.1) is 0 Å². The van der Waals surface area contributed by atoms with E-state index in [4.69, 9.17) is 0 Å². The Hall–Kier alpha value is -1.32. The van der Waals surface area contributed by atoms with Gasteiger partial charge in [0.2, 0.25) is 0 Å². The zero-order valence-electron chi connectivity index (χ0n) is 9.89. The van der Waals surface area contributed by atoms with Gasteiger partial charge in [0.15, 0.2) is 0 Å². The summed E-state index contributed by atoms with van der Waals surface area (Å²) in [5, 5.41) is 17.4. The molecule has 2 N–H and O–H groups in total. The van der Waals surface area contributed by atoms with Crippen molar-refractivity contribution >= 4 is 11.3 Å². The van der Waals surface area contributed by atoms with Crippen LogP contribution in [0.4, 0.5) is 0 Å². The zero-order valence-corrected chi connectivity index (χ0v) is 10.7. The molecule has 0 radical (unpaired) electrons. The van der Waals surface area contributed by atoms with E-state index in [0.29, 0.717) is 5.75 Å². The van der Waals surface area contributed by atoms with Gasteiger partial charge in [-0.25, -0.2) is 0 Å². The highest BCUT2D eigenvalue weighted by Gasteiger charge is 2.08. The van der Waals surface area contributed by atoms with E-state index in [0.717, 1.165) is 18.5 Å². The second kappa shape index (κ2) is 5.84. The summed E-state index contributed by atoms with van der Waals surface area (Å²) < 4.78 is 0. The van der Waals surface area contributed by atoms with E-state index in [9.17, 15) is 5.11 Å². The van der Waals surface area contributed by atoms with Crippen LogP contribution in [0.3, 0.4) is 0 Å². The number of hydrogen-bond acceptors (Lipinski definition) is 3. The van der Waals surface area contributed by atoms with E-state index >= 15 is 0 Å². The summed E-state index contributed by atoms with van der Waals surface area (Å²) >= 11 is 1.73. The monoisotopic (exact) mass is 247 g/mol. The molecule has 0 saturated heterocycles. The summed E-state index contributed by atoms with van der Waals surface area (Å²) in [5.74, 6) is 0.364. The third-order valence-electron chi connectivity index (χ3n) is 2.85. The Morgan fingerprint density at radius 1 is 1.29 bits per heavy atom. The van der Waals surface area contributed by atoms with Crippen LogP contribution in [0.1, 0.15) is 24.1 Å². The number of benzene rings is 1. The molecule has 2 aromatic rings. The van der Waals surface area contributed by atoms with Crippen molar-refractivity contribution in [3.05, 3.63) is 52.2 Å². The minimum Gasteiger partial charge on any atom is -0.508 e. The van der Waals surface area contributed by atoms with Crippen molar-refractivity contribution in [2.45, 2.75) is 19.4 Å². The van der Waals surface area contributed by atoms with Crippen LogP contribution in [-0.4, -0.2) is 11.7 Å². The minimum atomic E-state index is 0.176. The topological polar surface area (TPSA) is 32.3 Å². The van der Waals surface area contributed by atoms with Gasteiger partial charge in [-0.1, -0.05) is 18.2 Å². The molecule has 2 rings (SSSR count). The molecule has 1 aromatic carbocycles. The molecule has 17 heavy (non-hydrogen) atoms. The highest BCUT2D eigenvalue weighted by Crippen LogP contribution is 2.22. The lowest BCUT2D eigenvalue weighted by atomic mass is 10.1. The first kappa shape index (κ1) is 12.1.